The normalized spacial score (nSPS) is 17.9. The Morgan fingerprint density at radius 1 is 1.33 bits per heavy atom. The van der Waals surface area contributed by atoms with Gasteiger partial charge in [-0.15, -0.1) is 0 Å². The molecule has 2 N–H and O–H groups in total. The predicted molar refractivity (Wildman–Crippen MR) is 73.7 cm³/mol. The third kappa shape index (κ3) is 2.22. The number of nitrogens with zero attached hydrogens (tertiary/aromatic N) is 2. The molecule has 1 unspecified atom stereocenters. The highest BCUT2D eigenvalue weighted by molar-refractivity contribution is 5.30. The fourth-order valence-corrected chi connectivity index (χ4v) is 2.71. The van der Waals surface area contributed by atoms with E-state index in [1.54, 1.807) is 0 Å². The average molecular weight is 249 g/mol. The lowest BCUT2D eigenvalue weighted by Gasteiger charge is -2.30. The van der Waals surface area contributed by atoms with E-state index in [0.717, 1.165) is 25.1 Å². The zero-order valence-corrected chi connectivity index (χ0v) is 11.7. The lowest BCUT2D eigenvalue weighted by Crippen LogP contribution is -2.37. The molecule has 0 fully saturated rings. The summed E-state index contributed by atoms with van der Waals surface area (Å²) in [6.07, 6.45) is 0.943. The Bertz CT molecular complexity index is 502. The van der Waals surface area contributed by atoms with Crippen LogP contribution in [0.2, 0.25) is 0 Å². The molecule has 1 atom stereocenters. The highest BCUT2D eigenvalue weighted by Gasteiger charge is 2.22. The van der Waals surface area contributed by atoms with E-state index >= 15 is 0 Å². The standard InChI is InChI=1S/C14H23N3O/c1-9(2)17-13-5-6-16(4)8-11(13)7-12(10(3)15)14(17)18/h7,9-10H,5-6,8,15H2,1-4H3. The van der Waals surface area contributed by atoms with Crippen LogP contribution in [0, 0.1) is 0 Å². The van der Waals surface area contributed by atoms with Crippen molar-refractivity contribution in [3.05, 3.63) is 33.2 Å². The molecule has 0 saturated carbocycles. The van der Waals surface area contributed by atoms with Gasteiger partial charge in [-0.05, 0) is 39.4 Å². The van der Waals surface area contributed by atoms with Crippen molar-refractivity contribution in [2.75, 3.05) is 13.6 Å². The van der Waals surface area contributed by atoms with Gasteiger partial charge in [-0.3, -0.25) is 4.79 Å². The molecule has 2 rings (SSSR count). The third-order valence-electron chi connectivity index (χ3n) is 3.63. The summed E-state index contributed by atoms with van der Waals surface area (Å²) in [6, 6.07) is 1.99. The topological polar surface area (TPSA) is 51.3 Å². The van der Waals surface area contributed by atoms with Crippen molar-refractivity contribution in [2.45, 2.75) is 45.8 Å². The van der Waals surface area contributed by atoms with E-state index < -0.39 is 0 Å². The van der Waals surface area contributed by atoms with Crippen LogP contribution in [-0.4, -0.2) is 23.1 Å². The number of hydrogen-bond donors (Lipinski definition) is 1. The van der Waals surface area contributed by atoms with Crippen LogP contribution in [0.15, 0.2) is 10.9 Å². The molecule has 1 aliphatic rings. The van der Waals surface area contributed by atoms with Gasteiger partial charge in [-0.1, -0.05) is 0 Å². The Morgan fingerprint density at radius 2 is 2.00 bits per heavy atom. The predicted octanol–water partition coefficient (Wildman–Crippen LogP) is 1.44. The number of nitrogens with two attached hydrogens (primary N) is 1. The van der Waals surface area contributed by atoms with E-state index in [9.17, 15) is 4.79 Å². The minimum atomic E-state index is -0.208. The zero-order chi connectivity index (χ0) is 13.4. The van der Waals surface area contributed by atoms with Crippen molar-refractivity contribution in [1.82, 2.24) is 9.47 Å². The van der Waals surface area contributed by atoms with E-state index in [2.05, 4.69) is 25.8 Å². The maximum atomic E-state index is 12.5. The Balaban J connectivity index is 2.67. The minimum Gasteiger partial charge on any atom is -0.324 e. The lowest BCUT2D eigenvalue weighted by molar-refractivity contribution is 0.301. The molecule has 2 heterocycles. The number of rotatable bonds is 2. The van der Waals surface area contributed by atoms with Crippen LogP contribution in [0.3, 0.4) is 0 Å². The smallest absolute Gasteiger partial charge is 0.255 e. The highest BCUT2D eigenvalue weighted by atomic mass is 16.1. The van der Waals surface area contributed by atoms with Crippen LogP contribution in [-0.2, 0) is 13.0 Å². The molecule has 1 aromatic heterocycles. The Kier molecular flexibility index (Phi) is 3.59. The average Bonchev–Trinajstić information content (AvgIpc) is 2.27. The van der Waals surface area contributed by atoms with Gasteiger partial charge < -0.3 is 15.2 Å². The van der Waals surface area contributed by atoms with Gasteiger partial charge in [0.15, 0.2) is 0 Å². The molecule has 0 spiro atoms. The second kappa shape index (κ2) is 4.86. The molecule has 4 nitrogen and oxygen atoms in total. The van der Waals surface area contributed by atoms with Gasteiger partial charge >= 0.3 is 0 Å². The summed E-state index contributed by atoms with van der Waals surface area (Å²) in [5, 5.41) is 0. The van der Waals surface area contributed by atoms with Gasteiger partial charge in [-0.25, -0.2) is 0 Å². The van der Waals surface area contributed by atoms with Crippen molar-refractivity contribution < 1.29 is 0 Å². The van der Waals surface area contributed by atoms with Crippen molar-refractivity contribution in [2.24, 2.45) is 5.73 Å². The minimum absolute atomic E-state index is 0.0864. The van der Waals surface area contributed by atoms with E-state index in [4.69, 9.17) is 5.73 Å². The highest BCUT2D eigenvalue weighted by Crippen LogP contribution is 2.21. The fraction of sp³-hybridized carbons (Fsp3) is 0.643. The molecule has 0 bridgehead atoms. The Labute approximate surface area is 108 Å². The molecule has 1 aliphatic heterocycles. The van der Waals surface area contributed by atoms with E-state index in [1.807, 2.05) is 17.6 Å². The first-order chi connectivity index (χ1) is 8.41. The van der Waals surface area contributed by atoms with Crippen LogP contribution >= 0.6 is 0 Å². The van der Waals surface area contributed by atoms with E-state index in [1.165, 1.54) is 11.3 Å². The van der Waals surface area contributed by atoms with Crippen LogP contribution in [0.5, 0.6) is 0 Å². The first-order valence-electron chi connectivity index (χ1n) is 6.63. The molecule has 4 heteroatoms. The molecule has 1 aromatic rings. The van der Waals surface area contributed by atoms with Crippen molar-refractivity contribution in [1.29, 1.82) is 0 Å². The first-order valence-corrected chi connectivity index (χ1v) is 6.63. The van der Waals surface area contributed by atoms with Crippen molar-refractivity contribution in [3.8, 4) is 0 Å². The molecular weight excluding hydrogens is 226 g/mol. The van der Waals surface area contributed by atoms with Crippen LogP contribution in [0.25, 0.3) is 0 Å². The van der Waals surface area contributed by atoms with Crippen molar-refractivity contribution in [3.63, 3.8) is 0 Å². The molecule has 0 amide bonds. The van der Waals surface area contributed by atoms with Gasteiger partial charge in [0.2, 0.25) is 0 Å². The summed E-state index contributed by atoms with van der Waals surface area (Å²) < 4.78 is 1.93. The SMILES string of the molecule is CC(N)c1cc2c(n(C(C)C)c1=O)CCN(C)C2. The second-order valence-electron chi connectivity index (χ2n) is 5.62. The quantitative estimate of drug-likeness (QED) is 0.863. The third-order valence-corrected chi connectivity index (χ3v) is 3.63. The number of hydrogen-bond acceptors (Lipinski definition) is 3. The molecule has 0 aromatic carbocycles. The summed E-state index contributed by atoms with van der Waals surface area (Å²) in [5.74, 6) is 0. The summed E-state index contributed by atoms with van der Waals surface area (Å²) >= 11 is 0. The van der Waals surface area contributed by atoms with Gasteiger partial charge in [-0.2, -0.15) is 0 Å². The van der Waals surface area contributed by atoms with Crippen LogP contribution in [0.4, 0.5) is 0 Å². The van der Waals surface area contributed by atoms with Gasteiger partial charge in [0.1, 0.15) is 0 Å². The Morgan fingerprint density at radius 3 is 2.56 bits per heavy atom. The first kappa shape index (κ1) is 13.3. The number of likely N-dealkylation sites (N-methyl/N-ethyl adjacent to an activating group) is 1. The number of aromatic nitrogens is 1. The van der Waals surface area contributed by atoms with Gasteiger partial charge in [0.05, 0.1) is 0 Å². The zero-order valence-electron chi connectivity index (χ0n) is 11.7. The molecular formula is C14H23N3O. The lowest BCUT2D eigenvalue weighted by atomic mass is 10.00. The maximum Gasteiger partial charge on any atom is 0.255 e. The summed E-state index contributed by atoms with van der Waals surface area (Å²) in [6.45, 7) is 7.91. The molecule has 0 saturated heterocycles. The number of fused-ring (bicyclic) bond motifs is 1. The fourth-order valence-electron chi connectivity index (χ4n) is 2.71. The monoisotopic (exact) mass is 249 g/mol. The van der Waals surface area contributed by atoms with Crippen LogP contribution in [0.1, 0.15) is 49.7 Å². The summed E-state index contributed by atoms with van der Waals surface area (Å²) in [4.78, 5) is 14.8. The molecule has 0 radical (unpaired) electrons. The van der Waals surface area contributed by atoms with Gasteiger partial charge in [0.25, 0.3) is 5.56 Å². The van der Waals surface area contributed by atoms with Crippen LogP contribution < -0.4 is 11.3 Å². The van der Waals surface area contributed by atoms with E-state index in [0.29, 0.717) is 0 Å². The molecule has 0 aliphatic carbocycles. The van der Waals surface area contributed by atoms with Gasteiger partial charge in [0, 0.05) is 42.9 Å². The van der Waals surface area contributed by atoms with E-state index in [-0.39, 0.29) is 17.6 Å². The molecule has 18 heavy (non-hydrogen) atoms. The Hall–Kier alpha value is -1.13. The molecule has 100 valence electrons. The summed E-state index contributed by atoms with van der Waals surface area (Å²) in [5.41, 5.74) is 9.19. The van der Waals surface area contributed by atoms with Crippen molar-refractivity contribution >= 4 is 0 Å². The maximum absolute atomic E-state index is 12.5. The number of pyridine rings is 1. The summed E-state index contributed by atoms with van der Waals surface area (Å²) in [7, 11) is 2.11. The largest absolute Gasteiger partial charge is 0.324 e. The second-order valence-corrected chi connectivity index (χ2v) is 5.62.